The highest BCUT2D eigenvalue weighted by atomic mass is 28.2. The molecule has 2 aromatic rings. The molecule has 1 nitrogen and oxygen atoms in total. The van der Waals surface area contributed by atoms with E-state index in [-0.39, 0.29) is 0 Å². The van der Waals surface area contributed by atoms with Crippen molar-refractivity contribution >= 4 is 10.5 Å². The van der Waals surface area contributed by atoms with E-state index >= 15 is 0 Å². The third kappa shape index (κ3) is 5.92. The molecule has 130 valence electrons. The van der Waals surface area contributed by atoms with E-state index in [1.54, 1.807) is 5.56 Å². The van der Waals surface area contributed by atoms with Crippen molar-refractivity contribution in [1.82, 2.24) is 0 Å². The van der Waals surface area contributed by atoms with Gasteiger partial charge in [0.15, 0.2) is 0 Å². The molecule has 0 unspecified atom stereocenters. The smallest absolute Gasteiger partial charge is 0.145 e. The molecule has 0 atom stereocenters. The standard InChI is InChI=1S/C18H20.C4H12OSi/c1-3-9-15(10-4-1)17-13-7-8-14-18(17)16-11-5-2-6-12-16;1-2-3-4-5-6/h1,3-4,7-10,13-14,16H,2,5-6,11-12H2;2-4H2,1,6H3. The van der Waals surface area contributed by atoms with Crippen molar-refractivity contribution < 1.29 is 4.43 Å². The Labute approximate surface area is 151 Å². The van der Waals surface area contributed by atoms with Crippen molar-refractivity contribution in [3.8, 4) is 11.1 Å². The lowest BCUT2D eigenvalue weighted by Gasteiger charge is -2.24. The molecule has 0 aromatic heterocycles. The average molecular weight is 341 g/mol. The Morgan fingerprint density at radius 1 is 0.917 bits per heavy atom. The van der Waals surface area contributed by atoms with E-state index in [4.69, 9.17) is 4.43 Å². The Morgan fingerprint density at radius 3 is 2.21 bits per heavy atom. The zero-order valence-corrected chi connectivity index (χ0v) is 17.3. The number of unbranched alkanes of at least 4 members (excludes halogenated alkanes) is 1. The predicted molar refractivity (Wildman–Crippen MR) is 109 cm³/mol. The van der Waals surface area contributed by atoms with E-state index in [9.17, 15) is 0 Å². The van der Waals surface area contributed by atoms with Gasteiger partial charge in [-0.15, -0.1) is 0 Å². The molecule has 0 radical (unpaired) electrons. The summed E-state index contributed by atoms with van der Waals surface area (Å²) >= 11 is 0. The van der Waals surface area contributed by atoms with E-state index in [2.05, 4.69) is 61.5 Å². The average Bonchev–Trinajstić information content (AvgIpc) is 2.68. The molecule has 0 amide bonds. The fourth-order valence-electron chi connectivity index (χ4n) is 3.44. The normalized spacial score (nSPS) is 14.9. The Kier molecular flexibility index (Phi) is 8.86. The van der Waals surface area contributed by atoms with Crippen LogP contribution in [-0.4, -0.2) is 17.1 Å². The molecule has 1 fully saturated rings. The third-order valence-corrected chi connectivity index (χ3v) is 5.20. The summed E-state index contributed by atoms with van der Waals surface area (Å²) in [5, 5.41) is 0. The highest BCUT2D eigenvalue weighted by Crippen LogP contribution is 2.37. The van der Waals surface area contributed by atoms with E-state index in [1.807, 2.05) is 0 Å². The summed E-state index contributed by atoms with van der Waals surface area (Å²) in [7, 11) is 0.903. The molecule has 24 heavy (non-hydrogen) atoms. The molecule has 2 heteroatoms. The lowest BCUT2D eigenvalue weighted by atomic mass is 9.81. The van der Waals surface area contributed by atoms with Crippen LogP contribution in [0.2, 0.25) is 0 Å². The van der Waals surface area contributed by atoms with Gasteiger partial charge in [-0.3, -0.25) is 0 Å². The van der Waals surface area contributed by atoms with Crippen LogP contribution in [0.25, 0.3) is 11.1 Å². The lowest BCUT2D eigenvalue weighted by molar-refractivity contribution is 0.339. The van der Waals surface area contributed by atoms with Gasteiger partial charge in [0.2, 0.25) is 0 Å². The maximum atomic E-state index is 4.92. The van der Waals surface area contributed by atoms with Gasteiger partial charge in [0.25, 0.3) is 0 Å². The quantitative estimate of drug-likeness (QED) is 0.517. The summed E-state index contributed by atoms with van der Waals surface area (Å²) in [6, 6.07) is 19.8. The van der Waals surface area contributed by atoms with Crippen LogP contribution in [-0.2, 0) is 4.43 Å². The van der Waals surface area contributed by atoms with Crippen LogP contribution in [0, 0.1) is 0 Å². The Hall–Kier alpha value is -1.38. The van der Waals surface area contributed by atoms with Crippen molar-refractivity contribution in [3.05, 3.63) is 60.2 Å². The van der Waals surface area contributed by atoms with Gasteiger partial charge in [0, 0.05) is 6.61 Å². The van der Waals surface area contributed by atoms with Crippen LogP contribution in [0.4, 0.5) is 0 Å². The van der Waals surface area contributed by atoms with Gasteiger partial charge in [0.05, 0.1) is 0 Å². The molecule has 2 aromatic carbocycles. The van der Waals surface area contributed by atoms with Crippen LogP contribution in [0.1, 0.15) is 63.4 Å². The van der Waals surface area contributed by atoms with E-state index < -0.39 is 0 Å². The third-order valence-electron chi connectivity index (χ3n) is 4.79. The predicted octanol–water partition coefficient (Wildman–Crippen LogP) is 5.48. The van der Waals surface area contributed by atoms with Crippen LogP contribution in [0.3, 0.4) is 0 Å². The Morgan fingerprint density at radius 2 is 1.58 bits per heavy atom. The number of benzene rings is 2. The zero-order valence-electron chi connectivity index (χ0n) is 15.3. The van der Waals surface area contributed by atoms with Crippen molar-refractivity contribution in [2.24, 2.45) is 0 Å². The fourth-order valence-corrected chi connectivity index (χ4v) is 3.72. The molecule has 1 aliphatic rings. The molecule has 0 aliphatic heterocycles. The number of hydrogen-bond donors (Lipinski definition) is 0. The minimum Gasteiger partial charge on any atom is -0.428 e. The van der Waals surface area contributed by atoms with Gasteiger partial charge in [-0.05, 0) is 41.9 Å². The summed E-state index contributed by atoms with van der Waals surface area (Å²) in [4.78, 5) is 0. The summed E-state index contributed by atoms with van der Waals surface area (Å²) < 4.78 is 4.92. The van der Waals surface area contributed by atoms with Gasteiger partial charge in [0.1, 0.15) is 10.5 Å². The summed E-state index contributed by atoms with van der Waals surface area (Å²) in [5.41, 5.74) is 4.35. The largest absolute Gasteiger partial charge is 0.428 e. The molecule has 3 rings (SSSR count). The van der Waals surface area contributed by atoms with Gasteiger partial charge in [-0.2, -0.15) is 0 Å². The SMILES string of the molecule is CCCCO[SiH3].c1ccc(-c2ccccc2C2CCCCC2)cc1. The van der Waals surface area contributed by atoms with Crippen LogP contribution in [0.5, 0.6) is 0 Å². The molecule has 1 aliphatic carbocycles. The second-order valence-electron chi connectivity index (χ2n) is 6.63. The first-order valence-electron chi connectivity index (χ1n) is 9.50. The van der Waals surface area contributed by atoms with E-state index in [1.165, 1.54) is 56.1 Å². The summed E-state index contributed by atoms with van der Waals surface area (Å²) in [6.07, 6.45) is 9.42. The molecule has 0 spiro atoms. The summed E-state index contributed by atoms with van der Waals surface area (Å²) in [5.74, 6) is 0.773. The first-order valence-corrected chi connectivity index (χ1v) is 10.3. The Bertz CT molecular complexity index is 557. The van der Waals surface area contributed by atoms with Crippen LogP contribution < -0.4 is 0 Å². The van der Waals surface area contributed by atoms with Gasteiger partial charge < -0.3 is 4.43 Å². The van der Waals surface area contributed by atoms with Crippen LogP contribution in [0.15, 0.2) is 54.6 Å². The summed E-state index contributed by atoms with van der Waals surface area (Å²) in [6.45, 7) is 3.14. The van der Waals surface area contributed by atoms with Crippen molar-refractivity contribution in [1.29, 1.82) is 0 Å². The molecule has 0 saturated heterocycles. The highest BCUT2D eigenvalue weighted by molar-refractivity contribution is 5.97. The van der Waals surface area contributed by atoms with Crippen LogP contribution >= 0.6 is 0 Å². The van der Waals surface area contributed by atoms with E-state index in [0.717, 1.165) is 23.0 Å². The minimum absolute atomic E-state index is 0.773. The number of hydrogen-bond acceptors (Lipinski definition) is 1. The minimum atomic E-state index is 0.773. The molecule has 0 bridgehead atoms. The maximum absolute atomic E-state index is 4.92. The maximum Gasteiger partial charge on any atom is 0.145 e. The van der Waals surface area contributed by atoms with Crippen molar-refractivity contribution in [2.45, 2.75) is 57.8 Å². The van der Waals surface area contributed by atoms with Gasteiger partial charge >= 0.3 is 0 Å². The Balaban J connectivity index is 0.000000301. The van der Waals surface area contributed by atoms with E-state index in [0.29, 0.717) is 0 Å². The second kappa shape index (κ2) is 11.2. The molecular formula is C22H32OSi. The molecular weight excluding hydrogens is 308 g/mol. The fraction of sp³-hybridized carbons (Fsp3) is 0.455. The zero-order chi connectivity index (χ0) is 17.0. The molecule has 1 saturated carbocycles. The lowest BCUT2D eigenvalue weighted by Crippen LogP contribution is -2.05. The van der Waals surface area contributed by atoms with Gasteiger partial charge in [-0.1, -0.05) is 87.2 Å². The highest BCUT2D eigenvalue weighted by Gasteiger charge is 2.18. The van der Waals surface area contributed by atoms with Crippen molar-refractivity contribution in [3.63, 3.8) is 0 Å². The molecule has 0 N–H and O–H groups in total. The monoisotopic (exact) mass is 340 g/mol. The topological polar surface area (TPSA) is 9.23 Å². The second-order valence-corrected chi connectivity index (χ2v) is 7.21. The van der Waals surface area contributed by atoms with Gasteiger partial charge in [-0.25, -0.2) is 0 Å². The number of rotatable bonds is 5. The van der Waals surface area contributed by atoms with Crippen molar-refractivity contribution in [2.75, 3.05) is 6.61 Å². The molecule has 0 heterocycles. The first-order chi connectivity index (χ1) is 11.9. The first kappa shape index (κ1) is 18.9.